The monoisotopic (exact) mass is 662 g/mol. The molecule has 0 spiro atoms. The number of amides is 5. The van der Waals surface area contributed by atoms with Crippen LogP contribution < -0.4 is 21.3 Å². The number of rotatable bonds is 13. The number of carbonyl (C=O) groups is 5. The fourth-order valence-corrected chi connectivity index (χ4v) is 8.54. The maximum atomic E-state index is 14.4. The van der Waals surface area contributed by atoms with Crippen LogP contribution >= 0.6 is 0 Å². The molecule has 5 atom stereocenters. The zero-order chi connectivity index (χ0) is 33.1. The molecule has 5 aliphatic rings. The molecule has 4 N–H and O–H groups in total. The average molecular weight is 663 g/mol. The van der Waals surface area contributed by atoms with E-state index in [4.69, 9.17) is 0 Å². The van der Waals surface area contributed by atoms with Gasteiger partial charge in [-0.2, -0.15) is 0 Å². The SMILES string of the molecule is C[C@@H](S(=O)[O-])C1(NC(=O)N[C@H](C(=O)N2CCC[C@H]2C(=O)N[C@@H](CC2CC2)C(=O)C(=O)NC2CC2)C2(C)CCCCC2)CCCCC1. The Balaban J connectivity index is 1.31. The normalized spacial score (nSPS) is 26.6. The Labute approximate surface area is 275 Å². The highest BCUT2D eigenvalue weighted by molar-refractivity contribution is 7.79. The van der Waals surface area contributed by atoms with Crippen LogP contribution in [0.25, 0.3) is 0 Å². The van der Waals surface area contributed by atoms with Crippen molar-refractivity contribution in [3.8, 4) is 0 Å². The zero-order valence-electron chi connectivity index (χ0n) is 27.4. The van der Waals surface area contributed by atoms with Crippen molar-refractivity contribution < 1.29 is 32.7 Å². The molecule has 13 heteroatoms. The van der Waals surface area contributed by atoms with Crippen LogP contribution in [-0.4, -0.2) is 84.7 Å². The molecular weight excluding hydrogens is 610 g/mol. The van der Waals surface area contributed by atoms with Crippen LogP contribution in [0.3, 0.4) is 0 Å². The summed E-state index contributed by atoms with van der Waals surface area (Å²) in [6.07, 6.45) is 13.0. The first-order valence-corrected chi connectivity index (χ1v) is 18.7. The maximum absolute atomic E-state index is 14.4. The number of nitrogens with one attached hydrogen (secondary N) is 4. The van der Waals surface area contributed by atoms with Crippen molar-refractivity contribution >= 4 is 40.6 Å². The molecule has 258 valence electrons. The van der Waals surface area contributed by atoms with Crippen molar-refractivity contribution in [2.45, 2.75) is 158 Å². The van der Waals surface area contributed by atoms with Crippen molar-refractivity contribution in [3.05, 3.63) is 0 Å². The average Bonchev–Trinajstić information content (AvgIpc) is 3.97. The van der Waals surface area contributed by atoms with Gasteiger partial charge in [-0.15, -0.1) is 0 Å². The van der Waals surface area contributed by atoms with Crippen LogP contribution in [0.4, 0.5) is 4.79 Å². The van der Waals surface area contributed by atoms with Gasteiger partial charge in [0.15, 0.2) is 0 Å². The molecule has 4 aliphatic carbocycles. The highest BCUT2D eigenvalue weighted by Crippen LogP contribution is 2.41. The summed E-state index contributed by atoms with van der Waals surface area (Å²) in [5.74, 6) is -1.81. The molecule has 1 unspecified atom stereocenters. The van der Waals surface area contributed by atoms with Crippen molar-refractivity contribution in [1.82, 2.24) is 26.2 Å². The minimum atomic E-state index is -2.38. The van der Waals surface area contributed by atoms with E-state index < -0.39 is 69.0 Å². The minimum Gasteiger partial charge on any atom is -0.772 e. The summed E-state index contributed by atoms with van der Waals surface area (Å²) in [5.41, 5.74) is -1.46. The van der Waals surface area contributed by atoms with Gasteiger partial charge in [0, 0.05) is 17.8 Å². The summed E-state index contributed by atoms with van der Waals surface area (Å²) in [6.45, 7) is 3.96. The van der Waals surface area contributed by atoms with E-state index in [1.54, 1.807) is 6.92 Å². The second-order valence-corrected chi connectivity index (χ2v) is 16.1. The molecule has 12 nitrogen and oxygen atoms in total. The summed E-state index contributed by atoms with van der Waals surface area (Å²) in [4.78, 5) is 69.1. The highest BCUT2D eigenvalue weighted by atomic mass is 32.2. The van der Waals surface area contributed by atoms with E-state index in [1.807, 2.05) is 6.92 Å². The minimum absolute atomic E-state index is 0.0260. The number of urea groups is 1. The number of carbonyl (C=O) groups excluding carboxylic acids is 5. The predicted molar refractivity (Wildman–Crippen MR) is 171 cm³/mol. The summed E-state index contributed by atoms with van der Waals surface area (Å²) in [7, 11) is 0. The second kappa shape index (κ2) is 14.7. The number of nitrogens with zero attached hydrogens (tertiary/aromatic N) is 1. The van der Waals surface area contributed by atoms with E-state index in [1.165, 1.54) is 4.90 Å². The number of ketones is 1. The fourth-order valence-electron chi connectivity index (χ4n) is 7.87. The summed E-state index contributed by atoms with van der Waals surface area (Å²) >= 11 is -2.38. The van der Waals surface area contributed by atoms with Crippen LogP contribution in [0.1, 0.15) is 123 Å². The molecule has 1 aliphatic heterocycles. The van der Waals surface area contributed by atoms with Gasteiger partial charge >= 0.3 is 6.03 Å². The van der Waals surface area contributed by atoms with Crippen molar-refractivity contribution in [2.24, 2.45) is 11.3 Å². The van der Waals surface area contributed by atoms with Gasteiger partial charge in [0.05, 0.1) is 11.6 Å². The molecule has 5 amide bonds. The third-order valence-electron chi connectivity index (χ3n) is 11.3. The quantitative estimate of drug-likeness (QED) is 0.173. The number of hydrogen-bond donors (Lipinski definition) is 4. The van der Waals surface area contributed by atoms with Crippen LogP contribution in [0.15, 0.2) is 0 Å². The summed E-state index contributed by atoms with van der Waals surface area (Å²) in [5, 5.41) is 10.8. The first-order valence-electron chi connectivity index (χ1n) is 17.5. The van der Waals surface area contributed by atoms with Gasteiger partial charge in [0.1, 0.15) is 12.1 Å². The van der Waals surface area contributed by atoms with Crippen LogP contribution in [0.5, 0.6) is 0 Å². The van der Waals surface area contributed by atoms with Gasteiger partial charge in [-0.05, 0) is 76.0 Å². The highest BCUT2D eigenvalue weighted by Gasteiger charge is 2.48. The Kier molecular flexibility index (Phi) is 11.1. The number of hydrogen-bond acceptors (Lipinski definition) is 7. The first-order chi connectivity index (χ1) is 21.9. The van der Waals surface area contributed by atoms with E-state index in [0.29, 0.717) is 38.6 Å². The Bertz CT molecular complexity index is 1190. The maximum Gasteiger partial charge on any atom is 0.315 e. The lowest BCUT2D eigenvalue weighted by Gasteiger charge is -2.45. The lowest BCUT2D eigenvalue weighted by Crippen LogP contribution is -2.65. The molecule has 0 bridgehead atoms. The van der Waals surface area contributed by atoms with Gasteiger partial charge in [-0.1, -0.05) is 69.4 Å². The molecule has 0 aromatic carbocycles. The standard InChI is InChI=1S/C33H53N5O7S/c1-21(46(44)45)33(17-7-4-8-18-33)37-31(43)36-27(32(2)15-5-3-6-16-32)30(42)38-19-9-10-25(38)28(40)35-24(20-22-11-12-22)26(39)29(41)34-23-13-14-23/h21-25,27H,3-20H2,1-2H3,(H,34,41)(H,35,40)(H,44,45)(H2,36,37,43)/p-1/t21-,24+,25+,27-/m1/s1. The molecule has 0 aromatic rings. The molecule has 46 heavy (non-hydrogen) atoms. The summed E-state index contributed by atoms with van der Waals surface area (Å²) < 4.78 is 24.1. The van der Waals surface area contributed by atoms with E-state index in [2.05, 4.69) is 21.3 Å². The van der Waals surface area contributed by atoms with Gasteiger partial charge < -0.3 is 30.7 Å². The lowest BCUT2D eigenvalue weighted by atomic mass is 9.70. The Morgan fingerprint density at radius 3 is 2.09 bits per heavy atom. The van der Waals surface area contributed by atoms with Crippen LogP contribution in [0, 0.1) is 11.3 Å². The predicted octanol–water partition coefficient (Wildman–Crippen LogP) is 2.72. The molecule has 1 saturated heterocycles. The molecule has 0 aromatic heterocycles. The fraction of sp³-hybridized carbons (Fsp3) is 0.848. The lowest BCUT2D eigenvalue weighted by molar-refractivity contribution is -0.144. The van der Waals surface area contributed by atoms with E-state index >= 15 is 0 Å². The van der Waals surface area contributed by atoms with Crippen molar-refractivity contribution in [1.29, 1.82) is 0 Å². The van der Waals surface area contributed by atoms with Gasteiger partial charge in [0.25, 0.3) is 5.91 Å². The molecule has 0 radical (unpaired) electrons. The number of likely N-dealkylation sites (tertiary alicyclic amines) is 1. The number of Topliss-reactive ketones (excluding diaryl/α,β-unsaturated/α-hetero) is 1. The van der Waals surface area contributed by atoms with Gasteiger partial charge in [-0.25, -0.2) is 4.79 Å². The summed E-state index contributed by atoms with van der Waals surface area (Å²) in [6, 6.07) is -3.21. The molecule has 1 heterocycles. The van der Waals surface area contributed by atoms with Crippen LogP contribution in [-0.2, 0) is 30.3 Å². The van der Waals surface area contributed by atoms with Gasteiger partial charge in [0.2, 0.25) is 17.6 Å². The van der Waals surface area contributed by atoms with Crippen LogP contribution in [0.2, 0.25) is 0 Å². The first kappa shape index (κ1) is 34.8. The largest absolute Gasteiger partial charge is 0.772 e. The molecular formula is C33H52N5O7S-. The zero-order valence-corrected chi connectivity index (χ0v) is 28.2. The Morgan fingerprint density at radius 2 is 1.50 bits per heavy atom. The third kappa shape index (κ3) is 8.29. The molecule has 5 rings (SSSR count). The van der Waals surface area contributed by atoms with Crippen molar-refractivity contribution in [3.63, 3.8) is 0 Å². The van der Waals surface area contributed by atoms with Crippen molar-refractivity contribution in [2.75, 3.05) is 6.54 Å². The van der Waals surface area contributed by atoms with Gasteiger partial charge in [-0.3, -0.25) is 23.4 Å². The topological polar surface area (TPSA) is 177 Å². The Hall–Kier alpha value is -2.54. The second-order valence-electron chi connectivity index (χ2n) is 14.9. The molecule has 5 fully saturated rings. The Morgan fingerprint density at radius 1 is 0.870 bits per heavy atom. The van der Waals surface area contributed by atoms with E-state index in [0.717, 1.165) is 77.0 Å². The van der Waals surface area contributed by atoms with E-state index in [-0.39, 0.29) is 17.9 Å². The smallest absolute Gasteiger partial charge is 0.315 e. The third-order valence-corrected chi connectivity index (χ3v) is 12.3. The molecule has 4 saturated carbocycles. The van der Waals surface area contributed by atoms with E-state index in [9.17, 15) is 32.7 Å².